The van der Waals surface area contributed by atoms with Crippen LogP contribution in [0.15, 0.2) is 77.7 Å². The molecule has 0 spiro atoms. The molecule has 1 heterocycles. The molecule has 0 saturated carbocycles. The van der Waals surface area contributed by atoms with Gasteiger partial charge in [0, 0.05) is 11.3 Å². The monoisotopic (exact) mass is 533 g/mol. The Morgan fingerprint density at radius 3 is 2.41 bits per heavy atom. The zero-order valence-corrected chi connectivity index (χ0v) is 21.7. The van der Waals surface area contributed by atoms with Gasteiger partial charge in [-0.25, -0.2) is 0 Å². The lowest BCUT2D eigenvalue weighted by molar-refractivity contribution is -0.123. The first-order chi connectivity index (χ1) is 17.8. The van der Waals surface area contributed by atoms with E-state index in [1.807, 2.05) is 31.2 Å². The lowest BCUT2D eigenvalue weighted by Crippen LogP contribution is -2.44. The van der Waals surface area contributed by atoms with Gasteiger partial charge >= 0.3 is 0 Å². The summed E-state index contributed by atoms with van der Waals surface area (Å²) in [6.45, 7) is 1.81. The van der Waals surface area contributed by atoms with Crippen molar-refractivity contribution in [3.63, 3.8) is 0 Å². The Balaban J connectivity index is 1.33. The molecule has 3 aromatic carbocycles. The Labute approximate surface area is 223 Å². The first-order valence-electron chi connectivity index (χ1n) is 11.1. The van der Waals surface area contributed by atoms with Crippen LogP contribution in [0.2, 0.25) is 0 Å². The molecular formula is C27H23N3O5S2. The first kappa shape index (κ1) is 25.9. The van der Waals surface area contributed by atoms with Crippen LogP contribution in [0, 0.1) is 6.92 Å². The van der Waals surface area contributed by atoms with Gasteiger partial charge in [-0.1, -0.05) is 36.0 Å². The molecule has 1 aliphatic rings. The molecule has 1 fully saturated rings. The van der Waals surface area contributed by atoms with E-state index >= 15 is 0 Å². The first-order valence-corrected chi connectivity index (χ1v) is 12.4. The molecule has 188 valence electrons. The number of carbonyl (C=O) groups excluding carboxylic acids is 3. The number of anilines is 1. The van der Waals surface area contributed by atoms with Gasteiger partial charge in [-0.15, -0.1) is 0 Å². The number of thioether (sulfide) groups is 1. The van der Waals surface area contributed by atoms with Crippen molar-refractivity contribution in [2.24, 2.45) is 0 Å². The van der Waals surface area contributed by atoms with Crippen LogP contribution in [0.5, 0.6) is 11.5 Å². The third kappa shape index (κ3) is 6.75. The number of hydrogen-bond acceptors (Lipinski definition) is 7. The molecule has 0 aliphatic carbocycles. The maximum absolute atomic E-state index is 12.8. The summed E-state index contributed by atoms with van der Waals surface area (Å²) in [5.74, 6) is -0.0314. The van der Waals surface area contributed by atoms with Gasteiger partial charge in [0.15, 0.2) is 10.9 Å². The van der Waals surface area contributed by atoms with Gasteiger partial charge in [0.25, 0.3) is 17.7 Å². The predicted molar refractivity (Wildman–Crippen MR) is 147 cm³/mol. The summed E-state index contributed by atoms with van der Waals surface area (Å²) >= 11 is 6.38. The van der Waals surface area contributed by atoms with Gasteiger partial charge in [0.2, 0.25) is 0 Å². The number of carbonyl (C=O) groups is 3. The van der Waals surface area contributed by atoms with Crippen LogP contribution < -0.4 is 20.2 Å². The van der Waals surface area contributed by atoms with Gasteiger partial charge in [0.05, 0.1) is 12.0 Å². The SMILES string of the molecule is COc1ccc(C(=O)NN2C(=O)/C(=C\c3ccc(OCC(=O)Nc4cccc(C)c4)cc3)SC2=S)cc1. The second-order valence-electron chi connectivity index (χ2n) is 7.96. The van der Waals surface area contributed by atoms with E-state index in [1.165, 1.54) is 7.11 Å². The molecule has 3 aromatic rings. The highest BCUT2D eigenvalue weighted by Crippen LogP contribution is 2.31. The summed E-state index contributed by atoms with van der Waals surface area (Å²) in [5, 5.41) is 3.85. The van der Waals surface area contributed by atoms with Crippen molar-refractivity contribution in [1.29, 1.82) is 0 Å². The van der Waals surface area contributed by atoms with Crippen molar-refractivity contribution in [3.8, 4) is 11.5 Å². The van der Waals surface area contributed by atoms with Crippen LogP contribution in [0.3, 0.4) is 0 Å². The third-order valence-electron chi connectivity index (χ3n) is 5.21. The molecule has 3 amide bonds. The standard InChI is InChI=1S/C27H23N3O5S2/c1-17-4-3-5-20(14-17)28-24(31)16-35-22-10-6-18(7-11-22)15-23-26(33)30(27(36)37-23)29-25(32)19-8-12-21(34-2)13-9-19/h3-15H,16H2,1-2H3,(H,28,31)(H,29,32)/b23-15+. The van der Waals surface area contributed by atoms with Crippen LogP contribution in [0.25, 0.3) is 6.08 Å². The Kier molecular flexibility index (Phi) is 8.22. The molecule has 4 rings (SSSR count). The number of amides is 3. The van der Waals surface area contributed by atoms with Gasteiger partial charge in [-0.05, 0) is 84.9 Å². The highest BCUT2D eigenvalue weighted by molar-refractivity contribution is 8.26. The molecule has 37 heavy (non-hydrogen) atoms. The smallest absolute Gasteiger partial charge is 0.285 e. The van der Waals surface area contributed by atoms with E-state index in [0.29, 0.717) is 27.7 Å². The van der Waals surface area contributed by atoms with E-state index in [-0.39, 0.29) is 16.8 Å². The van der Waals surface area contributed by atoms with Crippen LogP contribution in [-0.4, -0.2) is 40.8 Å². The number of ether oxygens (including phenoxy) is 2. The number of hydrazine groups is 1. The Morgan fingerprint density at radius 2 is 1.73 bits per heavy atom. The van der Waals surface area contributed by atoms with Crippen LogP contribution >= 0.6 is 24.0 Å². The number of rotatable bonds is 8. The lowest BCUT2D eigenvalue weighted by Gasteiger charge is -2.15. The molecule has 8 nitrogen and oxygen atoms in total. The fourth-order valence-corrected chi connectivity index (χ4v) is 4.53. The minimum absolute atomic E-state index is 0.139. The summed E-state index contributed by atoms with van der Waals surface area (Å²) in [7, 11) is 1.54. The van der Waals surface area contributed by atoms with Crippen molar-refractivity contribution >= 4 is 57.8 Å². The van der Waals surface area contributed by atoms with Gasteiger partial charge < -0.3 is 14.8 Å². The average molecular weight is 534 g/mol. The Bertz CT molecular complexity index is 1370. The number of nitrogens with zero attached hydrogens (tertiary/aromatic N) is 1. The summed E-state index contributed by atoms with van der Waals surface area (Å²) in [5.41, 5.74) is 5.40. The molecule has 10 heteroatoms. The highest BCUT2D eigenvalue weighted by Gasteiger charge is 2.33. The van der Waals surface area contributed by atoms with E-state index in [0.717, 1.165) is 27.9 Å². The van der Waals surface area contributed by atoms with Gasteiger partial charge in [-0.3, -0.25) is 19.8 Å². The van der Waals surface area contributed by atoms with Crippen molar-refractivity contribution in [2.45, 2.75) is 6.92 Å². The molecule has 0 bridgehead atoms. The Hall–Kier alpha value is -4.15. The predicted octanol–water partition coefficient (Wildman–Crippen LogP) is 4.57. The maximum atomic E-state index is 12.8. The molecule has 0 aromatic heterocycles. The molecule has 0 atom stereocenters. The number of aryl methyl sites for hydroxylation is 1. The minimum atomic E-state index is -0.465. The van der Waals surface area contributed by atoms with E-state index in [1.54, 1.807) is 54.6 Å². The number of nitrogens with one attached hydrogen (secondary N) is 2. The fraction of sp³-hybridized carbons (Fsp3) is 0.111. The fourth-order valence-electron chi connectivity index (χ4n) is 3.35. The Morgan fingerprint density at radius 1 is 1.03 bits per heavy atom. The normalized spacial score (nSPS) is 14.0. The van der Waals surface area contributed by atoms with Crippen LogP contribution in [0.4, 0.5) is 5.69 Å². The molecule has 2 N–H and O–H groups in total. The second-order valence-corrected chi connectivity index (χ2v) is 9.64. The summed E-state index contributed by atoms with van der Waals surface area (Å²) in [6, 6.07) is 20.9. The van der Waals surface area contributed by atoms with Crippen molar-refractivity contribution < 1.29 is 23.9 Å². The summed E-state index contributed by atoms with van der Waals surface area (Å²) in [4.78, 5) is 37.9. The zero-order chi connectivity index (χ0) is 26.4. The second kappa shape index (κ2) is 11.7. The number of benzene rings is 3. The number of hydrogen-bond donors (Lipinski definition) is 2. The minimum Gasteiger partial charge on any atom is -0.497 e. The van der Waals surface area contributed by atoms with Crippen molar-refractivity contribution in [3.05, 3.63) is 94.4 Å². The van der Waals surface area contributed by atoms with Crippen molar-refractivity contribution in [2.75, 3.05) is 19.0 Å². The van der Waals surface area contributed by atoms with Gasteiger partial charge in [0.1, 0.15) is 11.5 Å². The van der Waals surface area contributed by atoms with Crippen molar-refractivity contribution in [1.82, 2.24) is 10.4 Å². The number of methoxy groups -OCH3 is 1. The lowest BCUT2D eigenvalue weighted by atomic mass is 10.2. The zero-order valence-electron chi connectivity index (χ0n) is 20.0. The molecule has 0 unspecified atom stereocenters. The van der Waals surface area contributed by atoms with E-state index in [4.69, 9.17) is 21.7 Å². The third-order valence-corrected chi connectivity index (χ3v) is 6.51. The summed E-state index contributed by atoms with van der Waals surface area (Å²) < 4.78 is 10.9. The highest BCUT2D eigenvalue weighted by atomic mass is 32.2. The quantitative estimate of drug-likeness (QED) is 0.324. The molecular weight excluding hydrogens is 510 g/mol. The topological polar surface area (TPSA) is 97.0 Å². The summed E-state index contributed by atoms with van der Waals surface area (Å²) in [6.07, 6.45) is 1.67. The van der Waals surface area contributed by atoms with Gasteiger partial charge in [-0.2, -0.15) is 5.01 Å². The molecule has 1 aliphatic heterocycles. The van der Waals surface area contributed by atoms with E-state index in [9.17, 15) is 14.4 Å². The van der Waals surface area contributed by atoms with E-state index in [2.05, 4.69) is 10.7 Å². The average Bonchev–Trinajstić information content (AvgIpc) is 3.15. The molecule has 0 radical (unpaired) electrons. The maximum Gasteiger partial charge on any atom is 0.285 e. The number of thiocarbonyl (C=S) groups is 1. The molecule has 1 saturated heterocycles. The van der Waals surface area contributed by atoms with Crippen LogP contribution in [0.1, 0.15) is 21.5 Å². The van der Waals surface area contributed by atoms with Crippen LogP contribution in [-0.2, 0) is 9.59 Å². The van der Waals surface area contributed by atoms with E-state index < -0.39 is 11.8 Å². The largest absolute Gasteiger partial charge is 0.497 e.